The van der Waals surface area contributed by atoms with Crippen LogP contribution in [0.25, 0.3) is 0 Å². The summed E-state index contributed by atoms with van der Waals surface area (Å²) in [5, 5.41) is 24.0. The summed E-state index contributed by atoms with van der Waals surface area (Å²) in [5.74, 6) is -4.71. The minimum atomic E-state index is -4.60. The third-order valence-electron chi connectivity index (χ3n) is 10.9. The van der Waals surface area contributed by atoms with Crippen LogP contribution in [0, 0.1) is 23.6 Å². The van der Waals surface area contributed by atoms with Gasteiger partial charge in [0.25, 0.3) is 0 Å². The average Bonchev–Trinajstić information content (AvgIpc) is 3.51. The van der Waals surface area contributed by atoms with Crippen LogP contribution < -0.4 is 26.6 Å². The number of nitrogens with one attached hydrogen (secondary N) is 5. The van der Waals surface area contributed by atoms with E-state index in [1.54, 1.807) is 26.0 Å². The van der Waals surface area contributed by atoms with Crippen molar-refractivity contribution in [2.45, 2.75) is 96.1 Å². The summed E-state index contributed by atoms with van der Waals surface area (Å²) in [4.78, 5) is 55.9. The van der Waals surface area contributed by atoms with E-state index in [2.05, 4.69) is 26.6 Å². The van der Waals surface area contributed by atoms with Crippen molar-refractivity contribution >= 4 is 29.3 Å². The molecular weight excluding hydrogens is 706 g/mol. The maximum absolute atomic E-state index is 14.7. The van der Waals surface area contributed by atoms with Gasteiger partial charge < -0.3 is 31.7 Å². The number of fused-ring (bicyclic) bond motifs is 2. The Labute approximate surface area is 311 Å². The Morgan fingerprint density at radius 1 is 0.944 bits per heavy atom. The Hall–Kier alpha value is -5.14. The minimum Gasteiger partial charge on any atom is -0.508 e. The number of phenolic OH excluding ortho intramolecular Hbond substituents is 1. The van der Waals surface area contributed by atoms with Crippen molar-refractivity contribution in [1.29, 1.82) is 0 Å². The van der Waals surface area contributed by atoms with E-state index in [0.717, 1.165) is 6.08 Å². The van der Waals surface area contributed by atoms with Gasteiger partial charge >= 0.3 is 6.18 Å². The van der Waals surface area contributed by atoms with Crippen molar-refractivity contribution < 1.29 is 41.8 Å². The molecule has 10 nitrogen and oxygen atoms in total. The van der Waals surface area contributed by atoms with Crippen LogP contribution in [0.1, 0.15) is 65.4 Å². The van der Waals surface area contributed by atoms with E-state index >= 15 is 0 Å². The first-order valence-electron chi connectivity index (χ1n) is 18.3. The fourth-order valence-electron chi connectivity index (χ4n) is 7.29. The summed E-state index contributed by atoms with van der Waals surface area (Å²) >= 11 is 0. The molecule has 0 fully saturated rings. The van der Waals surface area contributed by atoms with E-state index in [4.69, 9.17) is 0 Å². The quantitative estimate of drug-likeness (QED) is 0.114. The van der Waals surface area contributed by atoms with Crippen LogP contribution >= 0.6 is 0 Å². The molecule has 6 N–H and O–H groups in total. The second-order valence-corrected chi connectivity index (χ2v) is 14.5. The minimum absolute atomic E-state index is 0.00292. The molecule has 4 unspecified atom stereocenters. The highest BCUT2D eigenvalue weighted by Crippen LogP contribution is 2.47. The number of benzene rings is 2. The lowest BCUT2D eigenvalue weighted by Gasteiger charge is -2.40. The Morgan fingerprint density at radius 2 is 1.59 bits per heavy atom. The topological polar surface area (TPSA) is 149 Å². The van der Waals surface area contributed by atoms with Gasteiger partial charge in [-0.15, -0.1) is 0 Å². The van der Waals surface area contributed by atoms with E-state index in [1.807, 2.05) is 13.8 Å². The third kappa shape index (κ3) is 8.79. The number of carbonyl (C=O) groups excluding carboxylic acids is 4. The summed E-state index contributed by atoms with van der Waals surface area (Å²) in [6.45, 7) is 7.20. The number of alkyl halides is 3. The summed E-state index contributed by atoms with van der Waals surface area (Å²) < 4.78 is 56.7. The number of carbonyl (C=O) groups is 4. The molecule has 2 aromatic rings. The molecule has 1 heterocycles. The lowest BCUT2D eigenvalue weighted by molar-refractivity contribution is -0.138. The molecule has 5 rings (SSSR count). The first kappa shape index (κ1) is 40.1. The maximum atomic E-state index is 14.7. The molecule has 7 atom stereocenters. The molecule has 2 aliphatic carbocycles. The maximum Gasteiger partial charge on any atom is 0.414 e. The van der Waals surface area contributed by atoms with E-state index in [-0.39, 0.29) is 42.9 Å². The monoisotopic (exact) mass is 753 g/mol. The average molecular weight is 754 g/mol. The number of aromatic hydroxyl groups is 1. The Morgan fingerprint density at radius 3 is 2.22 bits per heavy atom. The predicted octanol–water partition coefficient (Wildman–Crippen LogP) is 5.71. The van der Waals surface area contributed by atoms with E-state index in [9.17, 15) is 41.8 Å². The normalized spacial score (nSPS) is 22.7. The van der Waals surface area contributed by atoms with Crippen molar-refractivity contribution in [1.82, 2.24) is 21.3 Å². The van der Waals surface area contributed by atoms with Crippen LogP contribution in [0.4, 0.5) is 23.2 Å². The van der Waals surface area contributed by atoms with E-state index < -0.39 is 76.7 Å². The van der Waals surface area contributed by atoms with Gasteiger partial charge in [-0.2, -0.15) is 13.2 Å². The van der Waals surface area contributed by atoms with Gasteiger partial charge in [0, 0.05) is 23.7 Å². The number of rotatable bonds is 13. The predicted molar refractivity (Wildman–Crippen MR) is 195 cm³/mol. The van der Waals surface area contributed by atoms with E-state index in [0.29, 0.717) is 29.8 Å². The lowest BCUT2D eigenvalue weighted by Crippen LogP contribution is -2.66. The number of anilines is 1. The van der Waals surface area contributed by atoms with Crippen molar-refractivity contribution in [3.8, 4) is 5.75 Å². The molecule has 14 heteroatoms. The van der Waals surface area contributed by atoms with Gasteiger partial charge in [0.1, 0.15) is 29.2 Å². The summed E-state index contributed by atoms with van der Waals surface area (Å²) in [6.07, 6.45) is -0.0527. The van der Waals surface area contributed by atoms with Gasteiger partial charge in [-0.3, -0.25) is 19.2 Å². The molecule has 0 radical (unpaired) electrons. The zero-order valence-corrected chi connectivity index (χ0v) is 30.6. The highest BCUT2D eigenvalue weighted by atomic mass is 19.4. The van der Waals surface area contributed by atoms with Crippen molar-refractivity contribution in [3.05, 3.63) is 95.0 Å². The molecule has 0 saturated carbocycles. The van der Waals surface area contributed by atoms with Crippen molar-refractivity contribution in [2.75, 3.05) is 5.32 Å². The zero-order chi connectivity index (χ0) is 39.4. The molecule has 4 amide bonds. The SMILES string of the molecule is CCC(C)[C@H](NC(=O)Cc1ccccc1F)C(=O)N[C@]1(C(=O)N[C@H](C(=O)Nc2ccc(O)cc2)C(C)CC)CCC2=C(C1)C1C=CC=C(C(F)(F)F)C1N2. The van der Waals surface area contributed by atoms with Gasteiger partial charge in [0.2, 0.25) is 23.6 Å². The molecule has 0 saturated heterocycles. The second-order valence-electron chi connectivity index (χ2n) is 14.5. The van der Waals surface area contributed by atoms with Gasteiger partial charge in [-0.25, -0.2) is 4.39 Å². The van der Waals surface area contributed by atoms with Gasteiger partial charge in [-0.05, 0) is 66.1 Å². The number of hydrogen-bond acceptors (Lipinski definition) is 6. The number of halogens is 4. The number of hydrogen-bond donors (Lipinski definition) is 6. The zero-order valence-electron chi connectivity index (χ0n) is 30.6. The number of phenols is 1. The summed E-state index contributed by atoms with van der Waals surface area (Å²) in [6, 6.07) is 8.23. The van der Waals surface area contributed by atoms with E-state index in [1.165, 1.54) is 48.5 Å². The molecule has 2 aromatic carbocycles. The molecular formula is C40H47F4N5O5. The number of allylic oxidation sites excluding steroid dienone is 3. The highest BCUT2D eigenvalue weighted by Gasteiger charge is 2.53. The van der Waals surface area contributed by atoms with Crippen LogP contribution in [-0.2, 0) is 25.6 Å². The van der Waals surface area contributed by atoms with Crippen LogP contribution in [-0.4, -0.2) is 58.6 Å². The Bertz CT molecular complexity index is 1840. The Kier molecular flexibility index (Phi) is 12.2. The lowest BCUT2D eigenvalue weighted by atomic mass is 9.74. The summed E-state index contributed by atoms with van der Waals surface area (Å²) in [7, 11) is 0. The molecule has 1 aliphatic heterocycles. The fourth-order valence-corrected chi connectivity index (χ4v) is 7.29. The van der Waals surface area contributed by atoms with Crippen LogP contribution in [0.2, 0.25) is 0 Å². The highest BCUT2D eigenvalue weighted by molar-refractivity contribution is 6.00. The standard InChI is InChI=1S/C40H47F4N5O5/c1-5-22(3)33(36(52)45-25-14-16-26(50)17-15-25)48-38(54)39(19-18-31-28(21-39)27-11-9-12-29(35(27)46-31)40(42,43)44)49-37(53)34(23(4)6-2)47-32(51)20-24-10-7-8-13-30(24)41/h7-17,22-23,27,33-35,46,50H,5-6,18-21H2,1-4H3,(H,45,52)(H,47,51)(H,48,54)(H,49,53)/t22?,23?,27?,33-,34-,35?,39+/m0/s1. The van der Waals surface area contributed by atoms with Gasteiger partial charge in [-0.1, -0.05) is 77.0 Å². The van der Waals surface area contributed by atoms with Gasteiger partial charge in [0.15, 0.2) is 0 Å². The summed E-state index contributed by atoms with van der Waals surface area (Å²) in [5.41, 5.74) is -0.875. The largest absolute Gasteiger partial charge is 0.508 e. The van der Waals surface area contributed by atoms with Crippen LogP contribution in [0.5, 0.6) is 5.75 Å². The molecule has 0 aromatic heterocycles. The molecule has 0 spiro atoms. The smallest absolute Gasteiger partial charge is 0.414 e. The van der Waals surface area contributed by atoms with Crippen LogP contribution in [0.15, 0.2) is 83.6 Å². The van der Waals surface area contributed by atoms with Crippen molar-refractivity contribution in [3.63, 3.8) is 0 Å². The third-order valence-corrected chi connectivity index (χ3v) is 10.9. The first-order valence-corrected chi connectivity index (χ1v) is 18.3. The second kappa shape index (κ2) is 16.5. The molecule has 290 valence electrons. The Balaban J connectivity index is 1.46. The first-order chi connectivity index (χ1) is 25.6. The fraction of sp³-hybridized carbons (Fsp3) is 0.450. The molecule has 0 bridgehead atoms. The number of amides is 4. The molecule has 54 heavy (non-hydrogen) atoms. The van der Waals surface area contributed by atoms with Crippen LogP contribution in [0.3, 0.4) is 0 Å². The molecule has 3 aliphatic rings. The van der Waals surface area contributed by atoms with Crippen molar-refractivity contribution in [2.24, 2.45) is 17.8 Å². The van der Waals surface area contributed by atoms with Gasteiger partial charge in [0.05, 0.1) is 18.0 Å².